The van der Waals surface area contributed by atoms with E-state index < -0.39 is 0 Å². The summed E-state index contributed by atoms with van der Waals surface area (Å²) < 4.78 is 20.6. The summed E-state index contributed by atoms with van der Waals surface area (Å²) in [6.07, 6.45) is 0.838. The molecule has 0 fully saturated rings. The third-order valence-corrected chi connectivity index (χ3v) is 5.63. The summed E-state index contributed by atoms with van der Waals surface area (Å²) in [5.74, 6) is 0.00464. The second kappa shape index (κ2) is 7.33. The number of halogens is 1. The Bertz CT molecular complexity index is 1100. The Morgan fingerprint density at radius 2 is 1.56 bits per heavy atom. The molecule has 0 amide bonds. The van der Waals surface area contributed by atoms with Gasteiger partial charge in [-0.05, 0) is 47.2 Å². The molecule has 0 aliphatic carbocycles. The van der Waals surface area contributed by atoms with Gasteiger partial charge in [-0.15, -0.1) is 11.3 Å². The Morgan fingerprint density at radius 3 is 2.19 bits per heavy atom. The zero-order valence-electron chi connectivity index (χ0n) is 14.7. The zero-order valence-corrected chi connectivity index (χ0v) is 15.6. The van der Waals surface area contributed by atoms with Crippen molar-refractivity contribution >= 4 is 27.7 Å². The standard InChI is InChI=1S/C23H17FO2S/c1-2-26-20-12-11-19-13-21(27-23(19)22(20)24)18-9-7-17(8-10-18)16-5-3-15(14-25)4-6-16/h3-14H,2H2,1H3. The van der Waals surface area contributed by atoms with Gasteiger partial charge in [-0.2, -0.15) is 0 Å². The number of rotatable bonds is 5. The van der Waals surface area contributed by atoms with Crippen molar-refractivity contribution in [1.82, 2.24) is 0 Å². The summed E-state index contributed by atoms with van der Waals surface area (Å²) in [7, 11) is 0. The van der Waals surface area contributed by atoms with E-state index in [1.54, 1.807) is 18.2 Å². The molecule has 27 heavy (non-hydrogen) atoms. The molecule has 4 heteroatoms. The number of aldehydes is 1. The molecular formula is C23H17FO2S. The normalized spacial score (nSPS) is 10.9. The second-order valence-electron chi connectivity index (χ2n) is 6.16. The highest BCUT2D eigenvalue weighted by Gasteiger charge is 2.13. The number of carbonyl (C=O) groups is 1. The van der Waals surface area contributed by atoms with Crippen LogP contribution in [0.25, 0.3) is 31.7 Å². The molecule has 0 aliphatic heterocycles. The summed E-state index contributed by atoms with van der Waals surface area (Å²) in [5.41, 5.74) is 3.83. The van der Waals surface area contributed by atoms with Crippen LogP contribution < -0.4 is 4.74 Å². The number of hydrogen-bond donors (Lipinski definition) is 0. The second-order valence-corrected chi connectivity index (χ2v) is 7.21. The highest BCUT2D eigenvalue weighted by Crippen LogP contribution is 2.38. The predicted octanol–water partition coefficient (Wildman–Crippen LogP) is 6.59. The lowest BCUT2D eigenvalue weighted by Gasteiger charge is -2.04. The minimum Gasteiger partial charge on any atom is -0.491 e. The molecule has 0 N–H and O–H groups in total. The summed E-state index contributed by atoms with van der Waals surface area (Å²) in [5, 5.41) is 0.879. The number of ether oxygens (including phenoxy) is 1. The van der Waals surface area contributed by atoms with E-state index in [0.717, 1.165) is 33.2 Å². The van der Waals surface area contributed by atoms with Crippen molar-refractivity contribution in [3.63, 3.8) is 0 Å². The van der Waals surface area contributed by atoms with Crippen molar-refractivity contribution in [2.75, 3.05) is 6.61 Å². The fourth-order valence-electron chi connectivity index (χ4n) is 3.04. The van der Waals surface area contributed by atoms with Crippen LogP contribution in [0.2, 0.25) is 0 Å². The fourth-order valence-corrected chi connectivity index (χ4v) is 4.14. The topological polar surface area (TPSA) is 26.3 Å². The molecule has 1 heterocycles. The SMILES string of the molecule is CCOc1ccc2cc(-c3ccc(-c4ccc(C=O)cc4)cc3)sc2c1F. The lowest BCUT2D eigenvalue weighted by atomic mass is 10.0. The van der Waals surface area contributed by atoms with Crippen LogP contribution in [0.1, 0.15) is 17.3 Å². The monoisotopic (exact) mass is 376 g/mol. The average molecular weight is 376 g/mol. The summed E-state index contributed by atoms with van der Waals surface area (Å²) >= 11 is 1.43. The van der Waals surface area contributed by atoms with E-state index in [-0.39, 0.29) is 5.82 Å². The van der Waals surface area contributed by atoms with Crippen molar-refractivity contribution in [1.29, 1.82) is 0 Å². The van der Waals surface area contributed by atoms with Gasteiger partial charge in [-0.1, -0.05) is 48.5 Å². The molecule has 2 nitrogen and oxygen atoms in total. The van der Waals surface area contributed by atoms with Gasteiger partial charge in [-0.25, -0.2) is 4.39 Å². The molecule has 4 rings (SSSR count). The van der Waals surface area contributed by atoms with Crippen LogP contribution in [0.5, 0.6) is 5.75 Å². The van der Waals surface area contributed by atoms with E-state index >= 15 is 0 Å². The number of carbonyl (C=O) groups excluding carboxylic acids is 1. The molecule has 134 valence electrons. The van der Waals surface area contributed by atoms with E-state index in [0.29, 0.717) is 22.6 Å². The first kappa shape index (κ1) is 17.4. The fraction of sp³-hybridized carbons (Fsp3) is 0.0870. The first-order valence-corrected chi connectivity index (χ1v) is 9.52. The predicted molar refractivity (Wildman–Crippen MR) is 109 cm³/mol. The van der Waals surface area contributed by atoms with E-state index in [4.69, 9.17) is 4.74 Å². The first-order chi connectivity index (χ1) is 13.2. The Balaban J connectivity index is 1.67. The Morgan fingerprint density at radius 1 is 0.926 bits per heavy atom. The maximum absolute atomic E-state index is 14.6. The lowest BCUT2D eigenvalue weighted by Crippen LogP contribution is -1.93. The molecule has 0 radical (unpaired) electrons. The summed E-state index contributed by atoms with van der Waals surface area (Å²) in [4.78, 5) is 11.8. The molecule has 0 atom stereocenters. The van der Waals surface area contributed by atoms with Crippen molar-refractivity contribution < 1.29 is 13.9 Å². The van der Waals surface area contributed by atoms with E-state index in [1.807, 2.05) is 55.5 Å². The van der Waals surface area contributed by atoms with E-state index in [2.05, 4.69) is 0 Å². The molecular weight excluding hydrogens is 359 g/mol. The molecule has 3 aromatic carbocycles. The quantitative estimate of drug-likeness (QED) is 0.368. The van der Waals surface area contributed by atoms with Gasteiger partial charge in [0.1, 0.15) is 6.29 Å². The number of thiophene rings is 1. The maximum Gasteiger partial charge on any atom is 0.182 e. The molecule has 0 unspecified atom stereocenters. The maximum atomic E-state index is 14.6. The van der Waals surface area contributed by atoms with Crippen LogP contribution in [0.4, 0.5) is 4.39 Å². The third-order valence-electron chi connectivity index (χ3n) is 4.44. The van der Waals surface area contributed by atoms with Gasteiger partial charge in [0.2, 0.25) is 0 Å². The van der Waals surface area contributed by atoms with Gasteiger partial charge in [0.25, 0.3) is 0 Å². The minimum absolute atomic E-state index is 0.294. The van der Waals surface area contributed by atoms with Crippen molar-refractivity contribution in [3.8, 4) is 27.3 Å². The summed E-state index contributed by atoms with van der Waals surface area (Å²) in [6, 6.07) is 21.2. The molecule has 0 aliphatic rings. The van der Waals surface area contributed by atoms with Crippen LogP contribution in [-0.2, 0) is 0 Å². The smallest absolute Gasteiger partial charge is 0.182 e. The van der Waals surface area contributed by atoms with Gasteiger partial charge >= 0.3 is 0 Å². The summed E-state index contributed by atoms with van der Waals surface area (Å²) in [6.45, 7) is 2.29. The van der Waals surface area contributed by atoms with Crippen LogP contribution >= 0.6 is 11.3 Å². The first-order valence-electron chi connectivity index (χ1n) is 8.70. The third kappa shape index (κ3) is 3.36. The van der Waals surface area contributed by atoms with Crippen LogP contribution in [0.3, 0.4) is 0 Å². The van der Waals surface area contributed by atoms with Crippen molar-refractivity contribution in [2.45, 2.75) is 6.92 Å². The van der Waals surface area contributed by atoms with Gasteiger partial charge in [0.05, 0.1) is 11.3 Å². The minimum atomic E-state index is -0.294. The van der Waals surface area contributed by atoms with Gasteiger partial charge in [-0.3, -0.25) is 4.79 Å². The largest absolute Gasteiger partial charge is 0.491 e. The highest BCUT2D eigenvalue weighted by atomic mass is 32.1. The Labute approximate surface area is 160 Å². The van der Waals surface area contributed by atoms with Gasteiger partial charge in [0.15, 0.2) is 11.6 Å². The van der Waals surface area contributed by atoms with Crippen LogP contribution in [-0.4, -0.2) is 12.9 Å². The Hall–Kier alpha value is -2.98. The zero-order chi connectivity index (χ0) is 18.8. The number of fused-ring (bicyclic) bond motifs is 1. The van der Waals surface area contributed by atoms with Crippen LogP contribution in [0, 0.1) is 5.82 Å². The van der Waals surface area contributed by atoms with Crippen molar-refractivity contribution in [2.24, 2.45) is 0 Å². The van der Waals surface area contributed by atoms with Crippen LogP contribution in [0.15, 0.2) is 66.7 Å². The number of benzene rings is 3. The molecule has 0 spiro atoms. The average Bonchev–Trinajstić information content (AvgIpc) is 3.16. The number of hydrogen-bond acceptors (Lipinski definition) is 3. The highest BCUT2D eigenvalue weighted by molar-refractivity contribution is 7.22. The van der Waals surface area contributed by atoms with Gasteiger partial charge in [0, 0.05) is 10.4 Å². The molecule has 1 aromatic heterocycles. The van der Waals surface area contributed by atoms with Gasteiger partial charge < -0.3 is 4.74 Å². The van der Waals surface area contributed by atoms with Crippen molar-refractivity contribution in [3.05, 3.63) is 78.1 Å². The lowest BCUT2D eigenvalue weighted by molar-refractivity contribution is 0.112. The molecule has 0 saturated heterocycles. The molecule has 0 saturated carbocycles. The Kier molecular flexibility index (Phi) is 4.73. The van der Waals surface area contributed by atoms with E-state index in [9.17, 15) is 9.18 Å². The van der Waals surface area contributed by atoms with E-state index in [1.165, 1.54) is 11.3 Å². The molecule has 4 aromatic rings. The molecule has 0 bridgehead atoms.